The highest BCUT2D eigenvalue weighted by Gasteiger charge is 2.14. The highest BCUT2D eigenvalue weighted by Crippen LogP contribution is 2.17. The van der Waals surface area contributed by atoms with Crippen LogP contribution >= 0.6 is 24.0 Å². The SMILES string of the molecule is CCN(CC)C(=S)SCC(=O)Nc1ccccc1C(=O)OC. The van der Waals surface area contributed by atoms with Gasteiger partial charge in [0.15, 0.2) is 0 Å². The van der Waals surface area contributed by atoms with Crippen molar-refractivity contribution in [3.05, 3.63) is 29.8 Å². The number of hydrogen-bond donors (Lipinski definition) is 1. The number of nitrogens with zero attached hydrogens (tertiary/aromatic N) is 1. The fourth-order valence-electron chi connectivity index (χ4n) is 1.77. The molecule has 0 saturated heterocycles. The van der Waals surface area contributed by atoms with Gasteiger partial charge in [-0.1, -0.05) is 36.1 Å². The first-order valence-electron chi connectivity index (χ1n) is 6.92. The number of esters is 1. The molecule has 1 N–H and O–H groups in total. The maximum absolute atomic E-state index is 12.0. The van der Waals surface area contributed by atoms with Gasteiger partial charge < -0.3 is 15.0 Å². The summed E-state index contributed by atoms with van der Waals surface area (Å²) >= 11 is 6.59. The van der Waals surface area contributed by atoms with E-state index in [9.17, 15) is 9.59 Å². The van der Waals surface area contributed by atoms with E-state index in [4.69, 9.17) is 17.0 Å². The van der Waals surface area contributed by atoms with E-state index in [1.807, 2.05) is 18.7 Å². The smallest absolute Gasteiger partial charge is 0.339 e. The monoisotopic (exact) mass is 340 g/mol. The van der Waals surface area contributed by atoms with Crippen LogP contribution in [0.3, 0.4) is 0 Å². The number of methoxy groups -OCH3 is 1. The van der Waals surface area contributed by atoms with Crippen molar-refractivity contribution in [1.29, 1.82) is 0 Å². The normalized spacial score (nSPS) is 9.95. The van der Waals surface area contributed by atoms with Crippen LogP contribution in [0.1, 0.15) is 24.2 Å². The molecule has 0 radical (unpaired) electrons. The second-order valence-corrected chi connectivity index (χ2v) is 5.92. The van der Waals surface area contributed by atoms with Gasteiger partial charge in [0.1, 0.15) is 4.32 Å². The Hall–Kier alpha value is -1.60. The first kappa shape index (κ1) is 18.4. The van der Waals surface area contributed by atoms with Crippen molar-refractivity contribution >= 4 is 45.9 Å². The fourth-order valence-corrected chi connectivity index (χ4v) is 2.97. The molecule has 0 saturated carbocycles. The number of hydrogen-bond acceptors (Lipinski definition) is 5. The number of anilines is 1. The van der Waals surface area contributed by atoms with Gasteiger partial charge in [-0.2, -0.15) is 0 Å². The third-order valence-electron chi connectivity index (χ3n) is 2.95. The first-order chi connectivity index (χ1) is 10.5. The second kappa shape index (κ2) is 9.42. The third kappa shape index (κ3) is 5.31. The zero-order chi connectivity index (χ0) is 16.5. The molecule has 22 heavy (non-hydrogen) atoms. The topological polar surface area (TPSA) is 58.6 Å². The Bertz CT molecular complexity index is 545. The second-order valence-electron chi connectivity index (χ2n) is 4.31. The van der Waals surface area contributed by atoms with Crippen LogP contribution in [0.15, 0.2) is 24.3 Å². The quantitative estimate of drug-likeness (QED) is 0.635. The summed E-state index contributed by atoms with van der Waals surface area (Å²) in [5, 5.41) is 2.72. The van der Waals surface area contributed by atoms with E-state index in [0.717, 1.165) is 13.1 Å². The number of para-hydroxylation sites is 1. The van der Waals surface area contributed by atoms with Crippen LogP contribution in [0.5, 0.6) is 0 Å². The van der Waals surface area contributed by atoms with Crippen LogP contribution in [0.4, 0.5) is 5.69 Å². The Balaban J connectivity index is 2.63. The molecule has 1 aromatic rings. The van der Waals surface area contributed by atoms with Gasteiger partial charge in [0.25, 0.3) is 0 Å². The molecule has 0 bridgehead atoms. The fraction of sp³-hybridized carbons (Fsp3) is 0.400. The van der Waals surface area contributed by atoms with Gasteiger partial charge >= 0.3 is 5.97 Å². The molecule has 0 aromatic heterocycles. The molecule has 0 atom stereocenters. The molecule has 0 heterocycles. The van der Waals surface area contributed by atoms with Gasteiger partial charge in [-0.05, 0) is 26.0 Å². The molecule has 1 rings (SSSR count). The van der Waals surface area contributed by atoms with Crippen molar-refractivity contribution in [2.75, 3.05) is 31.3 Å². The molecule has 0 aliphatic heterocycles. The number of benzene rings is 1. The summed E-state index contributed by atoms with van der Waals surface area (Å²) in [5.41, 5.74) is 0.767. The third-order valence-corrected chi connectivity index (χ3v) is 4.48. The Morgan fingerprint density at radius 2 is 1.91 bits per heavy atom. The summed E-state index contributed by atoms with van der Waals surface area (Å²) in [4.78, 5) is 25.7. The average Bonchev–Trinajstić information content (AvgIpc) is 2.54. The highest BCUT2D eigenvalue weighted by molar-refractivity contribution is 8.23. The Labute approximate surface area is 140 Å². The summed E-state index contributed by atoms with van der Waals surface area (Å²) in [5.74, 6) is -0.497. The number of carbonyl (C=O) groups is 2. The summed E-state index contributed by atoms with van der Waals surface area (Å²) < 4.78 is 5.39. The van der Waals surface area contributed by atoms with Crippen LogP contribution in [0, 0.1) is 0 Å². The summed E-state index contributed by atoms with van der Waals surface area (Å²) in [6, 6.07) is 6.73. The van der Waals surface area contributed by atoms with Crippen molar-refractivity contribution in [2.24, 2.45) is 0 Å². The number of nitrogens with one attached hydrogen (secondary N) is 1. The molecule has 120 valence electrons. The van der Waals surface area contributed by atoms with E-state index in [1.54, 1.807) is 24.3 Å². The number of thiocarbonyl (C=S) groups is 1. The van der Waals surface area contributed by atoms with Crippen molar-refractivity contribution in [3.8, 4) is 0 Å². The van der Waals surface area contributed by atoms with Crippen LogP contribution in [-0.2, 0) is 9.53 Å². The predicted molar refractivity (Wildman–Crippen MR) is 94.4 cm³/mol. The van der Waals surface area contributed by atoms with Crippen LogP contribution in [0.2, 0.25) is 0 Å². The number of carbonyl (C=O) groups excluding carboxylic acids is 2. The van der Waals surface area contributed by atoms with Crippen molar-refractivity contribution < 1.29 is 14.3 Å². The number of amides is 1. The molecule has 7 heteroatoms. The van der Waals surface area contributed by atoms with Crippen LogP contribution in [0.25, 0.3) is 0 Å². The van der Waals surface area contributed by atoms with Crippen molar-refractivity contribution in [1.82, 2.24) is 4.90 Å². The minimum absolute atomic E-state index is 0.199. The maximum atomic E-state index is 12.0. The van der Waals surface area contributed by atoms with Crippen molar-refractivity contribution in [3.63, 3.8) is 0 Å². The standard InChI is InChI=1S/C15H20N2O3S2/c1-4-17(5-2)15(21)22-10-13(18)16-12-9-7-6-8-11(12)14(19)20-3/h6-9H,4-5,10H2,1-3H3,(H,16,18). The van der Waals surface area contributed by atoms with E-state index in [0.29, 0.717) is 15.6 Å². The Kier molecular flexibility index (Phi) is 7.90. The van der Waals surface area contributed by atoms with Gasteiger partial charge in [0.05, 0.1) is 24.1 Å². The lowest BCUT2D eigenvalue weighted by Gasteiger charge is -2.20. The van der Waals surface area contributed by atoms with Gasteiger partial charge in [0, 0.05) is 13.1 Å². The molecule has 5 nitrogen and oxygen atoms in total. The molecule has 0 aliphatic carbocycles. The summed E-state index contributed by atoms with van der Waals surface area (Å²) in [7, 11) is 1.30. The van der Waals surface area contributed by atoms with Gasteiger partial charge in [0.2, 0.25) is 5.91 Å². The highest BCUT2D eigenvalue weighted by atomic mass is 32.2. The molecule has 0 aliphatic rings. The van der Waals surface area contributed by atoms with E-state index in [2.05, 4.69) is 5.32 Å². The van der Waals surface area contributed by atoms with Crippen molar-refractivity contribution in [2.45, 2.75) is 13.8 Å². The van der Waals surface area contributed by atoms with E-state index < -0.39 is 5.97 Å². The largest absolute Gasteiger partial charge is 0.465 e. The Morgan fingerprint density at radius 1 is 1.27 bits per heavy atom. The minimum Gasteiger partial charge on any atom is -0.465 e. The van der Waals surface area contributed by atoms with Gasteiger partial charge in [-0.15, -0.1) is 0 Å². The molecular formula is C15H20N2O3S2. The van der Waals surface area contributed by atoms with Gasteiger partial charge in [-0.25, -0.2) is 4.79 Å². The molecule has 0 fully saturated rings. The summed E-state index contributed by atoms with van der Waals surface area (Å²) in [6.07, 6.45) is 0. The zero-order valence-electron chi connectivity index (χ0n) is 12.9. The Morgan fingerprint density at radius 3 is 2.50 bits per heavy atom. The number of ether oxygens (including phenoxy) is 1. The molecule has 0 spiro atoms. The average molecular weight is 340 g/mol. The molecule has 1 amide bonds. The van der Waals surface area contributed by atoms with Gasteiger partial charge in [-0.3, -0.25) is 4.79 Å². The predicted octanol–water partition coefficient (Wildman–Crippen LogP) is 2.77. The summed E-state index contributed by atoms with van der Waals surface area (Å²) in [6.45, 7) is 5.66. The van der Waals surface area contributed by atoms with E-state index >= 15 is 0 Å². The van der Waals surface area contributed by atoms with Crippen LogP contribution in [-0.4, -0.2) is 47.0 Å². The van der Waals surface area contributed by atoms with Crippen LogP contribution < -0.4 is 5.32 Å². The number of thioether (sulfide) groups is 1. The van der Waals surface area contributed by atoms with E-state index in [-0.39, 0.29) is 11.7 Å². The first-order valence-corrected chi connectivity index (χ1v) is 8.31. The molecule has 1 aromatic carbocycles. The van der Waals surface area contributed by atoms with E-state index in [1.165, 1.54) is 18.9 Å². The number of rotatable bonds is 6. The lowest BCUT2D eigenvalue weighted by atomic mass is 10.2. The maximum Gasteiger partial charge on any atom is 0.339 e. The zero-order valence-corrected chi connectivity index (χ0v) is 14.6. The molecular weight excluding hydrogens is 320 g/mol. The minimum atomic E-state index is -0.484. The molecule has 0 unspecified atom stereocenters. The lowest BCUT2D eigenvalue weighted by molar-refractivity contribution is -0.113. The lowest BCUT2D eigenvalue weighted by Crippen LogP contribution is -2.28.